The van der Waals surface area contributed by atoms with Gasteiger partial charge in [-0.05, 0) is 36.1 Å². The molecule has 5 rings (SSSR count). The van der Waals surface area contributed by atoms with Crippen LogP contribution in [0.3, 0.4) is 0 Å². The van der Waals surface area contributed by atoms with Crippen molar-refractivity contribution in [1.29, 1.82) is 0 Å². The summed E-state index contributed by atoms with van der Waals surface area (Å²) in [5.74, 6) is -0.421. The molecular weight excluding hydrogens is 505 g/mol. The van der Waals surface area contributed by atoms with E-state index in [-0.39, 0.29) is 17.8 Å². The molecule has 4 heterocycles. The van der Waals surface area contributed by atoms with Crippen molar-refractivity contribution in [2.75, 3.05) is 35.6 Å². The molecule has 1 saturated heterocycles. The summed E-state index contributed by atoms with van der Waals surface area (Å²) in [6, 6.07) is 5.19. The Morgan fingerprint density at radius 2 is 2.08 bits per heavy atom. The molecule has 0 saturated carbocycles. The number of thiophene rings is 1. The van der Waals surface area contributed by atoms with E-state index in [2.05, 4.69) is 30.9 Å². The summed E-state index contributed by atoms with van der Waals surface area (Å²) < 4.78 is 15.3. The van der Waals surface area contributed by atoms with Gasteiger partial charge in [0.2, 0.25) is 0 Å². The van der Waals surface area contributed by atoms with E-state index in [1.165, 1.54) is 34.7 Å². The molecule has 0 bridgehead atoms. The number of fused-ring (bicyclic) bond motifs is 1. The van der Waals surface area contributed by atoms with Gasteiger partial charge in [0.05, 0.1) is 21.9 Å². The molecule has 3 aromatic heterocycles. The molecule has 0 radical (unpaired) electrons. The maximum atomic E-state index is 14.3. The molecule has 4 aromatic rings. The van der Waals surface area contributed by atoms with E-state index in [9.17, 15) is 19.1 Å². The smallest absolute Gasteiger partial charge is 0.325 e. The Morgan fingerprint density at radius 1 is 1.19 bits per heavy atom. The molecule has 186 valence electrons. The van der Waals surface area contributed by atoms with E-state index < -0.39 is 23.9 Å². The molecule has 1 atom stereocenters. The van der Waals surface area contributed by atoms with Gasteiger partial charge in [-0.2, -0.15) is 0 Å². The van der Waals surface area contributed by atoms with Gasteiger partial charge < -0.3 is 20.6 Å². The molecule has 13 heteroatoms. The van der Waals surface area contributed by atoms with Crippen molar-refractivity contribution < 1.29 is 19.1 Å². The van der Waals surface area contributed by atoms with Crippen LogP contribution < -0.4 is 16.0 Å². The molecule has 4 N–H and O–H groups in total. The highest BCUT2D eigenvalue weighted by molar-refractivity contribution is 7.17. The second-order valence-corrected chi connectivity index (χ2v) is 10.2. The van der Waals surface area contributed by atoms with Crippen molar-refractivity contribution in [2.45, 2.75) is 18.9 Å². The van der Waals surface area contributed by atoms with Crippen LogP contribution in [-0.4, -0.2) is 62.6 Å². The molecule has 3 amide bonds. The molecule has 0 aliphatic carbocycles. The van der Waals surface area contributed by atoms with E-state index in [1.54, 1.807) is 17.5 Å². The van der Waals surface area contributed by atoms with Crippen molar-refractivity contribution in [1.82, 2.24) is 19.9 Å². The van der Waals surface area contributed by atoms with Gasteiger partial charge >= 0.3 is 6.03 Å². The average Bonchev–Trinajstić information content (AvgIpc) is 3.61. The SMILES string of the molecule is O=C(Nc1ccc(F)c(C(=O)N2CC[C@@H](O)C2)c1)Nc1ncc(CCNc2ncnc3ccsc23)s1. The van der Waals surface area contributed by atoms with Gasteiger partial charge in [0.1, 0.15) is 18.0 Å². The number of hydrogen-bond acceptors (Lipinski definition) is 9. The Labute approximate surface area is 213 Å². The Kier molecular flexibility index (Phi) is 7.02. The standard InChI is InChI=1S/C23H22FN7O3S2/c24-17-2-1-13(9-16(17)21(33)31-7-4-14(32)11-31)29-22(34)30-23-26-10-15(36-23)3-6-25-20-19-18(5-8-35-19)27-12-28-20/h1-2,5,8-10,12,14,32H,3-4,6-7,11H2,(H,25,27,28)(H2,26,29,30,34)/t14-/m1/s1. The predicted octanol–water partition coefficient (Wildman–Crippen LogP) is 3.79. The highest BCUT2D eigenvalue weighted by Gasteiger charge is 2.27. The topological polar surface area (TPSA) is 132 Å². The molecule has 1 fully saturated rings. The molecular formula is C23H22FN7O3S2. The van der Waals surface area contributed by atoms with Crippen LogP contribution in [0, 0.1) is 5.82 Å². The number of hydrogen-bond donors (Lipinski definition) is 4. The first-order valence-corrected chi connectivity index (χ1v) is 12.9. The van der Waals surface area contributed by atoms with E-state index in [0.29, 0.717) is 31.1 Å². The molecule has 36 heavy (non-hydrogen) atoms. The summed E-state index contributed by atoms with van der Waals surface area (Å²) in [6.45, 7) is 1.16. The number of halogens is 1. The summed E-state index contributed by atoms with van der Waals surface area (Å²) in [5.41, 5.74) is 1.01. The number of nitrogens with zero attached hydrogens (tertiary/aromatic N) is 4. The van der Waals surface area contributed by atoms with Gasteiger partial charge in [0.25, 0.3) is 5.91 Å². The summed E-state index contributed by atoms with van der Waals surface area (Å²) in [5, 5.41) is 20.6. The van der Waals surface area contributed by atoms with Crippen LogP contribution in [0.25, 0.3) is 10.2 Å². The minimum atomic E-state index is -0.688. The van der Waals surface area contributed by atoms with Crippen LogP contribution in [0.2, 0.25) is 0 Å². The monoisotopic (exact) mass is 527 g/mol. The van der Waals surface area contributed by atoms with Crippen molar-refractivity contribution in [3.05, 3.63) is 58.4 Å². The number of urea groups is 1. The fourth-order valence-electron chi connectivity index (χ4n) is 3.82. The molecule has 1 aromatic carbocycles. The number of benzene rings is 1. The van der Waals surface area contributed by atoms with Crippen LogP contribution in [0.4, 0.5) is 25.8 Å². The zero-order valence-corrected chi connectivity index (χ0v) is 20.5. The molecule has 1 aliphatic rings. The normalized spacial score (nSPS) is 15.3. The summed E-state index contributed by atoms with van der Waals surface area (Å²) >= 11 is 2.92. The first-order valence-electron chi connectivity index (χ1n) is 11.2. The third kappa shape index (κ3) is 5.42. The maximum Gasteiger partial charge on any atom is 0.325 e. The number of carbonyl (C=O) groups excluding carboxylic acids is 2. The molecule has 10 nitrogen and oxygen atoms in total. The lowest BCUT2D eigenvalue weighted by Gasteiger charge is -2.16. The molecule has 1 aliphatic heterocycles. The molecule has 0 unspecified atom stereocenters. The zero-order valence-electron chi connectivity index (χ0n) is 18.9. The van der Waals surface area contributed by atoms with Crippen LogP contribution in [-0.2, 0) is 6.42 Å². The highest BCUT2D eigenvalue weighted by Crippen LogP contribution is 2.25. The van der Waals surface area contributed by atoms with Gasteiger partial charge in [0, 0.05) is 42.8 Å². The van der Waals surface area contributed by atoms with Gasteiger partial charge in [-0.25, -0.2) is 24.1 Å². The van der Waals surface area contributed by atoms with E-state index in [0.717, 1.165) is 27.0 Å². The van der Waals surface area contributed by atoms with Crippen LogP contribution >= 0.6 is 22.7 Å². The van der Waals surface area contributed by atoms with Gasteiger partial charge in [0.15, 0.2) is 5.13 Å². The summed E-state index contributed by atoms with van der Waals surface area (Å²) in [7, 11) is 0. The molecule has 0 spiro atoms. The van der Waals surface area contributed by atoms with Gasteiger partial charge in [-0.3, -0.25) is 10.1 Å². The summed E-state index contributed by atoms with van der Waals surface area (Å²) in [4.78, 5) is 40.2. The second-order valence-electron chi connectivity index (χ2n) is 8.13. The third-order valence-electron chi connectivity index (χ3n) is 5.59. The van der Waals surface area contributed by atoms with Crippen molar-refractivity contribution in [2.24, 2.45) is 0 Å². The number of likely N-dealkylation sites (tertiary alicyclic amines) is 1. The van der Waals surface area contributed by atoms with Crippen LogP contribution in [0.15, 0.2) is 42.2 Å². The van der Waals surface area contributed by atoms with Crippen molar-refractivity contribution >= 4 is 61.5 Å². The number of β-amino-alcohol motifs (C(OH)–C–C–N with tert-alkyl or cyclic N) is 1. The number of aliphatic hydroxyl groups excluding tert-OH is 1. The quantitative estimate of drug-likeness (QED) is 0.287. The van der Waals surface area contributed by atoms with Crippen molar-refractivity contribution in [3.8, 4) is 0 Å². The Hall–Kier alpha value is -3.68. The Balaban J connectivity index is 1.15. The number of carbonyl (C=O) groups is 2. The largest absolute Gasteiger partial charge is 0.391 e. The Morgan fingerprint density at radius 3 is 2.92 bits per heavy atom. The van der Waals surface area contributed by atoms with Gasteiger partial charge in [-0.1, -0.05) is 0 Å². The number of amides is 3. The number of aromatic nitrogens is 3. The maximum absolute atomic E-state index is 14.3. The Bertz CT molecular complexity index is 1410. The van der Waals surface area contributed by atoms with Gasteiger partial charge in [-0.15, -0.1) is 22.7 Å². The lowest BCUT2D eigenvalue weighted by molar-refractivity contribution is 0.0760. The number of nitrogens with one attached hydrogen (secondary N) is 3. The summed E-state index contributed by atoms with van der Waals surface area (Å²) in [6.07, 6.45) is 3.77. The minimum absolute atomic E-state index is 0.158. The van der Waals surface area contributed by atoms with E-state index in [4.69, 9.17) is 0 Å². The third-order valence-corrected chi connectivity index (χ3v) is 7.47. The number of anilines is 3. The highest BCUT2D eigenvalue weighted by atomic mass is 32.1. The first kappa shape index (κ1) is 24.0. The van der Waals surface area contributed by atoms with E-state index in [1.807, 2.05) is 11.4 Å². The zero-order chi connectivity index (χ0) is 25.1. The van der Waals surface area contributed by atoms with Crippen molar-refractivity contribution in [3.63, 3.8) is 0 Å². The number of rotatable bonds is 7. The minimum Gasteiger partial charge on any atom is -0.391 e. The second kappa shape index (κ2) is 10.5. The average molecular weight is 528 g/mol. The first-order chi connectivity index (χ1) is 17.5. The lowest BCUT2D eigenvalue weighted by atomic mass is 10.1. The predicted molar refractivity (Wildman–Crippen MR) is 137 cm³/mol. The number of thiazole rings is 1. The fourth-order valence-corrected chi connectivity index (χ4v) is 5.44. The van der Waals surface area contributed by atoms with Crippen LogP contribution in [0.1, 0.15) is 21.7 Å². The lowest BCUT2D eigenvalue weighted by Crippen LogP contribution is -2.30. The van der Waals surface area contributed by atoms with E-state index >= 15 is 0 Å². The fraction of sp³-hybridized carbons (Fsp3) is 0.261. The number of aliphatic hydroxyl groups is 1. The van der Waals surface area contributed by atoms with Crippen LogP contribution in [0.5, 0.6) is 0 Å².